The topological polar surface area (TPSA) is 51.2 Å². The Labute approximate surface area is 121 Å². The van der Waals surface area contributed by atoms with Crippen molar-refractivity contribution in [3.05, 3.63) is 34.9 Å². The normalized spacial score (nSPS) is 15.5. The lowest BCUT2D eigenvalue weighted by atomic mass is 10.1. The second-order valence-corrected chi connectivity index (χ2v) is 11.3. The van der Waals surface area contributed by atoms with E-state index in [-0.39, 0.29) is 0 Å². The average molecular weight is 437 g/mol. The number of alkyl halides is 2. The van der Waals surface area contributed by atoms with Gasteiger partial charge in [-0.25, -0.2) is 8.42 Å². The lowest BCUT2D eigenvalue weighted by Gasteiger charge is -2.16. The molecule has 1 unspecified atom stereocenters. The highest BCUT2D eigenvalue weighted by molar-refractivity contribution is 14.1. The Morgan fingerprint density at radius 2 is 1.81 bits per heavy atom. The summed E-state index contributed by atoms with van der Waals surface area (Å²) in [6.45, 7) is 0. The van der Waals surface area contributed by atoms with Crippen molar-refractivity contribution in [2.45, 2.75) is 1.66 Å². The average Bonchev–Trinajstić information content (AvgIpc) is 2.16. The Bertz CT molecular complexity index is 510. The van der Waals surface area contributed by atoms with Gasteiger partial charge in [-0.1, -0.05) is 11.6 Å². The highest BCUT2D eigenvalue weighted by atomic mass is 127. The Balaban J connectivity index is 3.18. The fraction of sp³-hybridized carbons (Fsp3) is 0.222. The van der Waals surface area contributed by atoms with E-state index in [1.807, 2.05) is 0 Å². The zero-order valence-corrected chi connectivity index (χ0v) is 13.4. The zero-order chi connectivity index (χ0) is 12.6. The van der Waals surface area contributed by atoms with E-state index in [1.54, 1.807) is 22.6 Å². The molecule has 16 heavy (non-hydrogen) atoms. The van der Waals surface area contributed by atoms with Crippen LogP contribution in [0.1, 0.15) is 10.4 Å². The highest BCUT2D eigenvalue weighted by Gasteiger charge is 2.43. The van der Waals surface area contributed by atoms with E-state index in [4.69, 9.17) is 11.6 Å². The van der Waals surface area contributed by atoms with Crippen LogP contribution in [0.3, 0.4) is 0 Å². The molecule has 1 aromatic carbocycles. The van der Waals surface area contributed by atoms with E-state index in [1.165, 1.54) is 24.3 Å². The Hall–Kier alpha value is 0.340. The van der Waals surface area contributed by atoms with Crippen molar-refractivity contribution in [1.29, 1.82) is 0 Å². The van der Waals surface area contributed by atoms with E-state index in [0.29, 0.717) is 10.6 Å². The molecule has 0 bridgehead atoms. The second kappa shape index (κ2) is 4.91. The first-order valence-corrected chi connectivity index (χ1v) is 8.18. The minimum absolute atomic E-state index is 0.293. The molecular formula is C9H7BrClIO3S. The number of hydrogen-bond acceptors (Lipinski definition) is 3. The standard InChI is InChI=1S/C9H7BrClIO3S/c1-16(14,15)9(10,12)8(13)6-2-4-7(11)5-3-6/h2-5H,1H3. The van der Waals surface area contributed by atoms with Gasteiger partial charge in [0.15, 0.2) is 9.84 Å². The molecular weight excluding hydrogens is 430 g/mol. The number of Topliss-reactive ketones (excluding diaryl/α,β-unsaturated/α-hetero) is 1. The summed E-state index contributed by atoms with van der Waals surface area (Å²) in [6, 6.07) is 6.06. The van der Waals surface area contributed by atoms with Gasteiger partial charge in [0.25, 0.3) is 0 Å². The molecule has 0 saturated heterocycles. The van der Waals surface area contributed by atoms with Crippen LogP contribution >= 0.6 is 50.1 Å². The first kappa shape index (κ1) is 14.4. The molecule has 3 nitrogen and oxygen atoms in total. The van der Waals surface area contributed by atoms with Gasteiger partial charge in [0.1, 0.15) is 0 Å². The largest absolute Gasteiger partial charge is 0.290 e. The fourth-order valence-corrected chi connectivity index (χ4v) is 2.06. The third kappa shape index (κ3) is 2.96. The van der Waals surface area contributed by atoms with Gasteiger partial charge in [0.2, 0.25) is 7.45 Å². The molecule has 0 spiro atoms. The highest BCUT2D eigenvalue weighted by Crippen LogP contribution is 2.36. The monoisotopic (exact) mass is 436 g/mol. The zero-order valence-electron chi connectivity index (χ0n) is 8.08. The predicted octanol–water partition coefficient (Wildman–Crippen LogP) is 3.05. The number of rotatable bonds is 3. The SMILES string of the molecule is CS(=O)(=O)C(Br)(I)C(=O)c1ccc(Cl)cc1. The Morgan fingerprint density at radius 1 is 1.38 bits per heavy atom. The van der Waals surface area contributed by atoms with E-state index in [2.05, 4.69) is 15.9 Å². The summed E-state index contributed by atoms with van der Waals surface area (Å²) in [5, 5.41) is 0.490. The van der Waals surface area contributed by atoms with Crippen LogP contribution in [0.15, 0.2) is 24.3 Å². The molecule has 1 aromatic rings. The summed E-state index contributed by atoms with van der Waals surface area (Å²) >= 11 is 10.2. The Kier molecular flexibility index (Phi) is 4.42. The lowest BCUT2D eigenvalue weighted by Crippen LogP contribution is -2.33. The van der Waals surface area contributed by atoms with Crippen molar-refractivity contribution in [1.82, 2.24) is 0 Å². The van der Waals surface area contributed by atoms with Crippen LogP contribution in [0, 0.1) is 0 Å². The number of carbonyl (C=O) groups excluding carboxylic acids is 1. The fourth-order valence-electron chi connectivity index (χ4n) is 0.938. The molecule has 7 heteroatoms. The second-order valence-electron chi connectivity index (χ2n) is 3.12. The quantitative estimate of drug-likeness (QED) is 0.415. The smallest absolute Gasteiger partial charge is 0.238 e. The van der Waals surface area contributed by atoms with Gasteiger partial charge in [0.05, 0.1) is 0 Å². The summed E-state index contributed by atoms with van der Waals surface area (Å²) in [5.41, 5.74) is 0.293. The molecule has 0 radical (unpaired) electrons. The van der Waals surface area contributed by atoms with Crippen LogP contribution in [-0.4, -0.2) is 22.1 Å². The van der Waals surface area contributed by atoms with Gasteiger partial charge in [-0.3, -0.25) is 4.79 Å². The van der Waals surface area contributed by atoms with Crippen LogP contribution in [0.5, 0.6) is 0 Å². The molecule has 0 aliphatic carbocycles. The third-order valence-corrected chi connectivity index (χ3v) is 8.22. The lowest BCUT2D eigenvalue weighted by molar-refractivity contribution is 0.101. The van der Waals surface area contributed by atoms with E-state index in [0.717, 1.165) is 6.26 Å². The van der Waals surface area contributed by atoms with Crippen LogP contribution in [0.25, 0.3) is 0 Å². The van der Waals surface area contributed by atoms with Gasteiger partial charge in [-0.2, -0.15) is 0 Å². The summed E-state index contributed by atoms with van der Waals surface area (Å²) < 4.78 is 21.2. The van der Waals surface area contributed by atoms with Crippen molar-refractivity contribution in [2.75, 3.05) is 6.26 Å². The van der Waals surface area contributed by atoms with E-state index < -0.39 is 17.3 Å². The number of benzene rings is 1. The molecule has 0 aliphatic rings. The van der Waals surface area contributed by atoms with Gasteiger partial charge in [0, 0.05) is 16.8 Å². The van der Waals surface area contributed by atoms with Crippen LogP contribution in [0.2, 0.25) is 5.02 Å². The number of ketones is 1. The predicted molar refractivity (Wildman–Crippen MR) is 76.3 cm³/mol. The van der Waals surface area contributed by atoms with Crippen molar-refractivity contribution in [2.24, 2.45) is 0 Å². The van der Waals surface area contributed by atoms with Crippen molar-refractivity contribution < 1.29 is 13.2 Å². The number of halogens is 3. The third-order valence-electron chi connectivity index (χ3n) is 1.84. The summed E-state index contributed by atoms with van der Waals surface area (Å²) in [6.07, 6.45) is 1.00. The van der Waals surface area contributed by atoms with Crippen molar-refractivity contribution in [3.63, 3.8) is 0 Å². The minimum atomic E-state index is -3.54. The van der Waals surface area contributed by atoms with Gasteiger partial charge in [-0.15, -0.1) is 0 Å². The first-order chi connectivity index (χ1) is 7.16. The molecule has 1 rings (SSSR count). The summed E-state index contributed by atoms with van der Waals surface area (Å²) in [5.74, 6) is -0.521. The number of sulfone groups is 1. The molecule has 0 N–H and O–H groups in total. The van der Waals surface area contributed by atoms with E-state index >= 15 is 0 Å². The molecule has 0 aliphatic heterocycles. The molecule has 0 saturated carbocycles. The number of carbonyl (C=O) groups is 1. The van der Waals surface area contributed by atoms with Gasteiger partial charge in [-0.05, 0) is 62.8 Å². The maximum absolute atomic E-state index is 11.9. The van der Waals surface area contributed by atoms with Gasteiger partial charge >= 0.3 is 0 Å². The molecule has 0 heterocycles. The molecule has 0 fully saturated rings. The maximum atomic E-state index is 11.9. The van der Waals surface area contributed by atoms with Crippen molar-refractivity contribution >= 4 is 65.7 Å². The Morgan fingerprint density at radius 3 is 2.19 bits per heavy atom. The van der Waals surface area contributed by atoms with E-state index in [9.17, 15) is 13.2 Å². The summed E-state index contributed by atoms with van der Waals surface area (Å²) in [7, 11) is -3.54. The molecule has 0 aromatic heterocycles. The van der Waals surface area contributed by atoms with Crippen molar-refractivity contribution in [3.8, 4) is 0 Å². The minimum Gasteiger partial charge on any atom is -0.290 e. The molecule has 0 amide bonds. The number of hydrogen-bond donors (Lipinski definition) is 0. The maximum Gasteiger partial charge on any atom is 0.238 e. The van der Waals surface area contributed by atoms with Crippen LogP contribution < -0.4 is 0 Å². The van der Waals surface area contributed by atoms with Gasteiger partial charge < -0.3 is 0 Å². The molecule has 1 atom stereocenters. The van der Waals surface area contributed by atoms with Crippen LogP contribution in [-0.2, 0) is 9.84 Å². The first-order valence-electron chi connectivity index (χ1n) is 4.04. The summed E-state index contributed by atoms with van der Waals surface area (Å²) in [4.78, 5) is 11.9. The van der Waals surface area contributed by atoms with Crippen LogP contribution in [0.4, 0.5) is 0 Å². The molecule has 88 valence electrons.